The highest BCUT2D eigenvalue weighted by atomic mass is 16.4. The van der Waals surface area contributed by atoms with Gasteiger partial charge in [0.2, 0.25) is 5.76 Å². The number of carboxylic acid groups (broad SMARTS) is 1. The van der Waals surface area contributed by atoms with Crippen molar-refractivity contribution in [1.82, 2.24) is 4.90 Å². The molecule has 2 N–H and O–H groups in total. The number of benzene rings is 1. The second kappa shape index (κ2) is 6.13. The van der Waals surface area contributed by atoms with Crippen molar-refractivity contribution in [2.45, 2.75) is 6.54 Å². The van der Waals surface area contributed by atoms with E-state index in [1.165, 1.54) is 11.0 Å². The molecule has 21 heavy (non-hydrogen) atoms. The molecule has 0 atom stereocenters. The van der Waals surface area contributed by atoms with Crippen molar-refractivity contribution in [3.8, 4) is 0 Å². The molecule has 110 valence electrons. The van der Waals surface area contributed by atoms with Crippen LogP contribution in [0.2, 0.25) is 0 Å². The molecule has 1 amide bonds. The SMILES string of the molecule is CN(C)C(=O)c1ccccc1NCc1ccc(C(=O)O)o1. The molecule has 0 unspecified atom stereocenters. The molecule has 0 fully saturated rings. The van der Waals surface area contributed by atoms with Gasteiger partial charge < -0.3 is 19.7 Å². The Hall–Kier alpha value is -2.76. The lowest BCUT2D eigenvalue weighted by Crippen LogP contribution is -2.22. The largest absolute Gasteiger partial charge is 0.475 e. The molecule has 0 bridgehead atoms. The van der Waals surface area contributed by atoms with Gasteiger partial charge in [-0.1, -0.05) is 12.1 Å². The number of carbonyl (C=O) groups excluding carboxylic acids is 1. The Morgan fingerprint density at radius 3 is 2.52 bits per heavy atom. The summed E-state index contributed by atoms with van der Waals surface area (Å²) < 4.78 is 5.16. The number of rotatable bonds is 5. The maximum Gasteiger partial charge on any atom is 0.371 e. The zero-order valence-electron chi connectivity index (χ0n) is 11.8. The highest BCUT2D eigenvalue weighted by molar-refractivity contribution is 5.99. The van der Waals surface area contributed by atoms with E-state index in [4.69, 9.17) is 9.52 Å². The summed E-state index contributed by atoms with van der Waals surface area (Å²) in [5, 5.41) is 11.9. The predicted octanol–water partition coefficient (Wildman–Crippen LogP) is 2.29. The van der Waals surface area contributed by atoms with Crippen molar-refractivity contribution in [2.75, 3.05) is 19.4 Å². The van der Waals surface area contributed by atoms with Gasteiger partial charge in [-0.3, -0.25) is 4.79 Å². The van der Waals surface area contributed by atoms with Gasteiger partial charge in [0.15, 0.2) is 0 Å². The van der Waals surface area contributed by atoms with Gasteiger partial charge in [0, 0.05) is 19.8 Å². The first-order valence-corrected chi connectivity index (χ1v) is 6.35. The number of aromatic carboxylic acids is 1. The lowest BCUT2D eigenvalue weighted by Gasteiger charge is -2.14. The summed E-state index contributed by atoms with van der Waals surface area (Å²) in [6.45, 7) is 0.297. The van der Waals surface area contributed by atoms with Gasteiger partial charge in [-0.15, -0.1) is 0 Å². The van der Waals surface area contributed by atoms with E-state index in [9.17, 15) is 9.59 Å². The molecule has 0 aliphatic carbocycles. The van der Waals surface area contributed by atoms with Crippen LogP contribution in [0.5, 0.6) is 0 Å². The Morgan fingerprint density at radius 1 is 1.19 bits per heavy atom. The van der Waals surface area contributed by atoms with Gasteiger partial charge in [-0.05, 0) is 24.3 Å². The topological polar surface area (TPSA) is 82.8 Å². The maximum atomic E-state index is 12.1. The Bertz CT molecular complexity index is 661. The third-order valence-corrected chi connectivity index (χ3v) is 2.89. The molecule has 0 radical (unpaired) electrons. The zero-order valence-corrected chi connectivity index (χ0v) is 11.8. The molecular weight excluding hydrogens is 272 g/mol. The third kappa shape index (κ3) is 3.42. The number of nitrogens with zero attached hydrogens (tertiary/aromatic N) is 1. The van der Waals surface area contributed by atoms with Gasteiger partial charge in [-0.25, -0.2) is 4.79 Å². The van der Waals surface area contributed by atoms with Crippen LogP contribution in [0.4, 0.5) is 5.69 Å². The van der Waals surface area contributed by atoms with Crippen molar-refractivity contribution in [2.24, 2.45) is 0 Å². The van der Waals surface area contributed by atoms with Gasteiger partial charge in [0.05, 0.1) is 12.1 Å². The molecule has 2 aromatic rings. The van der Waals surface area contributed by atoms with E-state index in [1.54, 1.807) is 38.4 Å². The van der Waals surface area contributed by atoms with Crippen LogP contribution in [-0.2, 0) is 6.54 Å². The summed E-state index contributed by atoms with van der Waals surface area (Å²) in [5.74, 6) is -0.836. The summed E-state index contributed by atoms with van der Waals surface area (Å²) in [7, 11) is 3.37. The van der Waals surface area contributed by atoms with E-state index in [1.807, 2.05) is 6.07 Å². The second-order valence-corrected chi connectivity index (χ2v) is 4.67. The molecule has 0 spiro atoms. The number of carbonyl (C=O) groups is 2. The first kappa shape index (κ1) is 14.6. The number of anilines is 1. The monoisotopic (exact) mass is 288 g/mol. The minimum absolute atomic E-state index is 0.107. The molecule has 1 aromatic carbocycles. The summed E-state index contributed by atoms with van der Waals surface area (Å²) in [4.78, 5) is 24.3. The Morgan fingerprint density at radius 2 is 1.90 bits per heavy atom. The van der Waals surface area contributed by atoms with Crippen LogP contribution < -0.4 is 5.32 Å². The molecule has 0 saturated heterocycles. The minimum atomic E-state index is -1.11. The van der Waals surface area contributed by atoms with Gasteiger partial charge in [-0.2, -0.15) is 0 Å². The summed E-state index contributed by atoms with van der Waals surface area (Å²) in [6, 6.07) is 10.1. The molecule has 0 aliphatic heterocycles. The number of amides is 1. The van der Waals surface area contributed by atoms with Crippen molar-refractivity contribution < 1.29 is 19.1 Å². The van der Waals surface area contributed by atoms with Crippen molar-refractivity contribution >= 4 is 17.6 Å². The Kier molecular flexibility index (Phi) is 4.27. The Balaban J connectivity index is 2.12. The van der Waals surface area contributed by atoms with E-state index in [2.05, 4.69) is 5.32 Å². The van der Waals surface area contributed by atoms with Crippen molar-refractivity contribution in [3.05, 3.63) is 53.5 Å². The Labute approximate surface area is 122 Å². The van der Waals surface area contributed by atoms with Crippen LogP contribution in [0.3, 0.4) is 0 Å². The number of nitrogens with one attached hydrogen (secondary N) is 1. The number of hydrogen-bond acceptors (Lipinski definition) is 4. The van der Waals surface area contributed by atoms with Gasteiger partial charge >= 0.3 is 5.97 Å². The number of furan rings is 1. The van der Waals surface area contributed by atoms with E-state index in [0.717, 1.165) is 0 Å². The number of hydrogen-bond donors (Lipinski definition) is 2. The lowest BCUT2D eigenvalue weighted by molar-refractivity contribution is 0.0660. The molecule has 1 heterocycles. The van der Waals surface area contributed by atoms with E-state index >= 15 is 0 Å². The molecule has 0 saturated carbocycles. The average molecular weight is 288 g/mol. The fourth-order valence-electron chi connectivity index (χ4n) is 1.83. The van der Waals surface area contributed by atoms with Crippen molar-refractivity contribution in [3.63, 3.8) is 0 Å². The van der Waals surface area contributed by atoms with Gasteiger partial charge in [0.1, 0.15) is 5.76 Å². The summed E-state index contributed by atoms with van der Waals surface area (Å²) in [5.41, 5.74) is 1.22. The highest BCUT2D eigenvalue weighted by Gasteiger charge is 2.13. The maximum absolute atomic E-state index is 12.1. The number of para-hydroxylation sites is 1. The molecular formula is C15H16N2O4. The highest BCUT2D eigenvalue weighted by Crippen LogP contribution is 2.18. The number of carboxylic acids is 1. The average Bonchev–Trinajstić information content (AvgIpc) is 2.93. The fraction of sp³-hybridized carbons (Fsp3) is 0.200. The fourth-order valence-corrected chi connectivity index (χ4v) is 1.83. The zero-order chi connectivity index (χ0) is 15.4. The molecule has 1 aromatic heterocycles. The second-order valence-electron chi connectivity index (χ2n) is 4.67. The minimum Gasteiger partial charge on any atom is -0.475 e. The van der Waals surface area contributed by atoms with Crippen LogP contribution in [0.15, 0.2) is 40.8 Å². The molecule has 6 nitrogen and oxygen atoms in total. The van der Waals surface area contributed by atoms with E-state index < -0.39 is 5.97 Å². The molecule has 2 rings (SSSR count). The van der Waals surface area contributed by atoms with Crippen molar-refractivity contribution in [1.29, 1.82) is 0 Å². The third-order valence-electron chi connectivity index (χ3n) is 2.89. The summed E-state index contributed by atoms with van der Waals surface area (Å²) in [6.07, 6.45) is 0. The quantitative estimate of drug-likeness (QED) is 0.882. The lowest BCUT2D eigenvalue weighted by atomic mass is 10.1. The van der Waals surface area contributed by atoms with Crippen LogP contribution in [0.25, 0.3) is 0 Å². The summed E-state index contributed by atoms with van der Waals surface area (Å²) >= 11 is 0. The van der Waals surface area contributed by atoms with Crippen LogP contribution in [0.1, 0.15) is 26.7 Å². The predicted molar refractivity (Wildman–Crippen MR) is 77.5 cm³/mol. The normalized spacial score (nSPS) is 10.2. The van der Waals surface area contributed by atoms with E-state index in [-0.39, 0.29) is 11.7 Å². The first-order chi connectivity index (χ1) is 9.99. The van der Waals surface area contributed by atoms with Crippen LogP contribution >= 0.6 is 0 Å². The smallest absolute Gasteiger partial charge is 0.371 e. The van der Waals surface area contributed by atoms with Crippen LogP contribution in [0, 0.1) is 0 Å². The standard InChI is InChI=1S/C15H16N2O4/c1-17(2)14(18)11-5-3-4-6-12(11)16-9-10-7-8-13(21-10)15(19)20/h3-8,16H,9H2,1-2H3,(H,19,20). The van der Waals surface area contributed by atoms with Gasteiger partial charge in [0.25, 0.3) is 5.91 Å². The molecule has 0 aliphatic rings. The van der Waals surface area contributed by atoms with Crippen LogP contribution in [-0.4, -0.2) is 36.0 Å². The van der Waals surface area contributed by atoms with E-state index in [0.29, 0.717) is 23.6 Å². The molecule has 6 heteroatoms. The first-order valence-electron chi connectivity index (χ1n) is 6.35.